The van der Waals surface area contributed by atoms with Crippen molar-refractivity contribution >= 4 is 23.9 Å². The van der Waals surface area contributed by atoms with Crippen LogP contribution >= 0.6 is 0 Å². The van der Waals surface area contributed by atoms with Gasteiger partial charge >= 0.3 is 23.9 Å². The zero-order valence-electron chi connectivity index (χ0n) is 42.5. The first-order chi connectivity index (χ1) is 31.9. The van der Waals surface area contributed by atoms with E-state index in [0.29, 0.717) is 32.1 Å². The fourth-order valence-corrected chi connectivity index (χ4v) is 15.2. The molecule has 0 spiro atoms. The summed E-state index contributed by atoms with van der Waals surface area (Å²) in [6.07, 6.45) is -13.4. The van der Waals surface area contributed by atoms with Crippen LogP contribution in [0.2, 0.25) is 0 Å². The Balaban J connectivity index is 1.18. The molecule has 5 aliphatic carbocycles. The second kappa shape index (κ2) is 18.9. The monoisotopic (exact) mass is 981 g/mol. The minimum Gasteiger partial charge on any atom is -0.479 e. The third-order valence-corrected chi connectivity index (χ3v) is 18.9. The zero-order valence-corrected chi connectivity index (χ0v) is 42.5. The van der Waals surface area contributed by atoms with E-state index in [-0.39, 0.29) is 35.0 Å². The lowest BCUT2D eigenvalue weighted by Crippen LogP contribution is -2.73. The van der Waals surface area contributed by atoms with Crippen molar-refractivity contribution in [2.24, 2.45) is 56.2 Å². The molecule has 7 rings (SSSR count). The Hall–Kier alpha value is -2.78. The van der Waals surface area contributed by atoms with Crippen LogP contribution in [0.1, 0.15) is 134 Å². The summed E-state index contributed by atoms with van der Waals surface area (Å²) in [5.41, 5.74) is -2.73. The summed E-state index contributed by atoms with van der Waals surface area (Å²) in [6.45, 7) is 22.5. The number of carboxylic acids is 1. The van der Waals surface area contributed by atoms with Crippen LogP contribution in [-0.2, 0) is 52.3 Å². The van der Waals surface area contributed by atoms with Crippen molar-refractivity contribution in [1.82, 2.24) is 0 Å². The highest BCUT2D eigenvalue weighted by Gasteiger charge is 2.74. The van der Waals surface area contributed by atoms with E-state index in [1.807, 2.05) is 27.7 Å². The van der Waals surface area contributed by atoms with Gasteiger partial charge in [-0.25, -0.2) is 4.79 Å². The highest BCUT2D eigenvalue weighted by molar-refractivity contribution is 5.73. The van der Waals surface area contributed by atoms with Gasteiger partial charge in [-0.2, -0.15) is 0 Å². The molecule has 392 valence electrons. The van der Waals surface area contributed by atoms with Crippen LogP contribution in [0, 0.1) is 56.2 Å². The smallest absolute Gasteiger partial charge is 0.335 e. The molecule has 69 heavy (non-hydrogen) atoms. The van der Waals surface area contributed by atoms with Gasteiger partial charge in [-0.15, -0.1) is 0 Å². The molecule has 21 atom stereocenters. The summed E-state index contributed by atoms with van der Waals surface area (Å²) in [7, 11) is 0. The van der Waals surface area contributed by atoms with Gasteiger partial charge in [0, 0.05) is 25.7 Å². The number of aliphatic hydroxyl groups excluding tert-OH is 6. The molecule has 21 unspecified atom stereocenters. The van der Waals surface area contributed by atoms with Crippen molar-refractivity contribution < 1.29 is 88.1 Å². The number of rotatable bonds is 11. The summed E-state index contributed by atoms with van der Waals surface area (Å²) >= 11 is 0. The molecule has 18 nitrogen and oxygen atoms in total. The molecule has 7 aliphatic rings. The number of aliphatic hydroxyl groups is 6. The third kappa shape index (κ3) is 8.79. The Morgan fingerprint density at radius 3 is 1.96 bits per heavy atom. The van der Waals surface area contributed by atoms with Crippen LogP contribution in [0.4, 0.5) is 0 Å². The molecule has 0 amide bonds. The Kier molecular flexibility index (Phi) is 14.8. The molecule has 4 saturated carbocycles. The molecule has 0 radical (unpaired) electrons. The second-order valence-corrected chi connectivity index (χ2v) is 24.2. The molecule has 0 aromatic rings. The van der Waals surface area contributed by atoms with Gasteiger partial charge in [0.2, 0.25) is 0 Å². The molecule has 7 N–H and O–H groups in total. The average Bonchev–Trinajstić information content (AvgIpc) is 3.23. The number of hydrogen-bond acceptors (Lipinski definition) is 17. The number of fused-ring (bicyclic) bond motifs is 7. The summed E-state index contributed by atoms with van der Waals surface area (Å²) in [5.74, 6) is -3.41. The lowest BCUT2D eigenvalue weighted by molar-refractivity contribution is -0.361. The number of carbonyl (C=O) groups is 4. The normalized spacial score (nSPS) is 47.8. The van der Waals surface area contributed by atoms with E-state index >= 15 is 0 Å². The average molecular weight is 981 g/mol. The van der Waals surface area contributed by atoms with Crippen molar-refractivity contribution in [2.45, 2.75) is 220 Å². The van der Waals surface area contributed by atoms with E-state index in [0.717, 1.165) is 18.4 Å². The second-order valence-electron chi connectivity index (χ2n) is 24.2. The van der Waals surface area contributed by atoms with Crippen molar-refractivity contribution in [1.29, 1.82) is 0 Å². The van der Waals surface area contributed by atoms with Crippen molar-refractivity contribution in [2.75, 3.05) is 6.61 Å². The fraction of sp³-hybridized carbons (Fsp3) is 0.882. The van der Waals surface area contributed by atoms with Gasteiger partial charge in [0.05, 0.1) is 24.2 Å². The SMILES string of the molecule is CC(=O)OC1C(OC(=O)CC(C)C)C2(CO)C(OC(C)=O)CC3(C)C(=CCC4C5(C)CCC(OC6OC(C(=O)O)C(OC7OC(C)C(O)C(O)C7O)C(O)C6O)C(C)(C)C5CCC43C)C2CC1(C)C. The number of ether oxygens (including phenoxy) is 7. The highest BCUT2D eigenvalue weighted by atomic mass is 16.7. The maximum Gasteiger partial charge on any atom is 0.335 e. The molecular weight excluding hydrogens is 901 g/mol. The Morgan fingerprint density at radius 2 is 1.36 bits per heavy atom. The molecular formula is C51H80O18. The van der Waals surface area contributed by atoms with Crippen molar-refractivity contribution in [3.8, 4) is 0 Å². The van der Waals surface area contributed by atoms with Gasteiger partial charge < -0.3 is 68.9 Å². The van der Waals surface area contributed by atoms with E-state index in [4.69, 9.17) is 33.2 Å². The van der Waals surface area contributed by atoms with E-state index < -0.39 is 144 Å². The van der Waals surface area contributed by atoms with E-state index in [2.05, 4.69) is 40.7 Å². The standard InChI is InChI=1S/C51H80O18/c1-23(2)19-33(55)67-42-41(65-26(5)54)46(6,7)20-28-27-13-14-30-48(10)17-16-31(47(8,9)29(48)15-18-49(30,11)50(27,12)21-32(64-25(4)53)51(28,42)22-52)66-45-38(60)36(58)39(40(69-45)43(61)62)68-44-37(59)35(57)34(56)24(3)63-44/h13,23-24,28-32,34-42,44-45,52,56-60H,14-22H2,1-12H3,(H,61,62). The van der Waals surface area contributed by atoms with Gasteiger partial charge in [-0.05, 0) is 97.2 Å². The molecule has 6 fully saturated rings. The Labute approximate surface area is 405 Å². The van der Waals surface area contributed by atoms with Crippen LogP contribution in [0.5, 0.6) is 0 Å². The van der Waals surface area contributed by atoms with E-state index in [9.17, 15) is 54.9 Å². The predicted octanol–water partition coefficient (Wildman–Crippen LogP) is 3.56. The van der Waals surface area contributed by atoms with E-state index in [1.54, 1.807) is 0 Å². The zero-order chi connectivity index (χ0) is 51.3. The molecule has 0 bridgehead atoms. The van der Waals surface area contributed by atoms with Gasteiger partial charge in [0.25, 0.3) is 0 Å². The number of carbonyl (C=O) groups excluding carboxylic acids is 3. The molecule has 2 aliphatic heterocycles. The van der Waals surface area contributed by atoms with Gasteiger partial charge in [-0.1, -0.05) is 74.0 Å². The van der Waals surface area contributed by atoms with Gasteiger partial charge in [0.15, 0.2) is 24.8 Å². The molecule has 2 saturated heterocycles. The minimum absolute atomic E-state index is 0.0308. The van der Waals surface area contributed by atoms with Crippen LogP contribution in [0.25, 0.3) is 0 Å². The number of hydrogen-bond donors (Lipinski definition) is 7. The molecule has 2 heterocycles. The summed E-state index contributed by atoms with van der Waals surface area (Å²) < 4.78 is 42.5. The number of esters is 3. The summed E-state index contributed by atoms with van der Waals surface area (Å²) in [5, 5.41) is 76.0. The minimum atomic E-state index is -1.88. The first-order valence-electron chi connectivity index (χ1n) is 25.0. The summed E-state index contributed by atoms with van der Waals surface area (Å²) in [4.78, 5) is 52.3. The summed E-state index contributed by atoms with van der Waals surface area (Å²) in [6, 6.07) is 0. The topological polar surface area (TPSA) is 274 Å². The van der Waals surface area contributed by atoms with Crippen LogP contribution in [0.15, 0.2) is 11.6 Å². The van der Waals surface area contributed by atoms with Crippen molar-refractivity contribution in [3.63, 3.8) is 0 Å². The molecule has 0 aromatic heterocycles. The first-order valence-corrected chi connectivity index (χ1v) is 25.0. The van der Waals surface area contributed by atoms with Gasteiger partial charge in [-0.3, -0.25) is 14.4 Å². The predicted molar refractivity (Wildman–Crippen MR) is 243 cm³/mol. The van der Waals surface area contributed by atoms with Gasteiger partial charge in [0.1, 0.15) is 48.8 Å². The fourth-order valence-electron chi connectivity index (χ4n) is 15.2. The maximum atomic E-state index is 13.7. The van der Waals surface area contributed by atoms with Crippen LogP contribution in [0.3, 0.4) is 0 Å². The van der Waals surface area contributed by atoms with Crippen molar-refractivity contribution in [3.05, 3.63) is 11.6 Å². The third-order valence-electron chi connectivity index (χ3n) is 18.9. The highest BCUT2D eigenvalue weighted by Crippen LogP contribution is 2.76. The first kappa shape index (κ1) is 54.0. The van der Waals surface area contributed by atoms with Crippen LogP contribution in [-0.4, -0.2) is 152 Å². The maximum absolute atomic E-state index is 13.7. The van der Waals surface area contributed by atoms with E-state index in [1.165, 1.54) is 20.8 Å². The number of aliphatic carboxylic acids is 1. The quantitative estimate of drug-likeness (QED) is 0.0675. The number of allylic oxidation sites excluding steroid dienone is 2. The lowest BCUT2D eigenvalue weighted by atomic mass is 9.33. The lowest BCUT2D eigenvalue weighted by Gasteiger charge is -2.72. The Bertz CT molecular complexity index is 1990. The molecule has 0 aromatic carbocycles. The Morgan fingerprint density at radius 1 is 0.739 bits per heavy atom. The number of carboxylic acid groups (broad SMARTS) is 1. The molecule has 18 heteroatoms. The largest absolute Gasteiger partial charge is 0.479 e. The van der Waals surface area contributed by atoms with Crippen LogP contribution < -0.4 is 0 Å².